The van der Waals surface area contributed by atoms with Crippen molar-refractivity contribution in [3.63, 3.8) is 0 Å². The summed E-state index contributed by atoms with van der Waals surface area (Å²) in [6.45, 7) is 4.54. The Morgan fingerprint density at radius 1 is 0.950 bits per heavy atom. The van der Waals surface area contributed by atoms with Crippen LogP contribution in [0.25, 0.3) is 11.1 Å². The third-order valence-corrected chi connectivity index (χ3v) is 2.88. The fourth-order valence-electron chi connectivity index (χ4n) is 1.99. The summed E-state index contributed by atoms with van der Waals surface area (Å²) in [5.41, 5.74) is 2.49. The summed E-state index contributed by atoms with van der Waals surface area (Å²) in [6, 6.07) is 15.5. The van der Waals surface area contributed by atoms with Crippen LogP contribution in [0.2, 0.25) is 0 Å². The van der Waals surface area contributed by atoms with E-state index in [0.717, 1.165) is 11.1 Å². The molecule has 0 N–H and O–H groups in total. The molecule has 0 unspecified atom stereocenters. The standard InChI is InChI=1S/C17H18O3/c1-3-19-16-11-10-14(13-8-6-5-7-9-13)12-15(16)17(18)20-4-2/h5-12H,3-4H2,1-2H3. The van der Waals surface area contributed by atoms with Crippen molar-refractivity contribution in [2.75, 3.05) is 13.2 Å². The van der Waals surface area contributed by atoms with E-state index in [9.17, 15) is 4.79 Å². The minimum absolute atomic E-state index is 0.347. The molecule has 0 saturated heterocycles. The zero-order valence-corrected chi connectivity index (χ0v) is 11.8. The second kappa shape index (κ2) is 6.75. The van der Waals surface area contributed by atoms with Crippen LogP contribution in [-0.2, 0) is 4.74 Å². The molecule has 3 nitrogen and oxygen atoms in total. The van der Waals surface area contributed by atoms with Gasteiger partial charge in [0.1, 0.15) is 11.3 Å². The van der Waals surface area contributed by atoms with Gasteiger partial charge in [0.2, 0.25) is 0 Å². The van der Waals surface area contributed by atoms with Crippen molar-refractivity contribution in [2.24, 2.45) is 0 Å². The van der Waals surface area contributed by atoms with E-state index in [1.807, 2.05) is 55.5 Å². The summed E-state index contributed by atoms with van der Waals surface area (Å²) in [5.74, 6) is 0.208. The van der Waals surface area contributed by atoms with Crippen molar-refractivity contribution in [1.82, 2.24) is 0 Å². The largest absolute Gasteiger partial charge is 0.493 e. The van der Waals surface area contributed by atoms with E-state index in [1.54, 1.807) is 6.92 Å². The Morgan fingerprint density at radius 2 is 1.70 bits per heavy atom. The monoisotopic (exact) mass is 270 g/mol. The van der Waals surface area contributed by atoms with Crippen molar-refractivity contribution < 1.29 is 14.3 Å². The minimum atomic E-state index is -0.353. The molecule has 0 aromatic heterocycles. The van der Waals surface area contributed by atoms with Crippen LogP contribution in [0.15, 0.2) is 48.5 Å². The van der Waals surface area contributed by atoms with Crippen molar-refractivity contribution in [3.05, 3.63) is 54.1 Å². The number of rotatable bonds is 5. The molecule has 0 aliphatic carbocycles. The maximum absolute atomic E-state index is 12.0. The number of hydrogen-bond acceptors (Lipinski definition) is 3. The molecule has 2 aromatic rings. The topological polar surface area (TPSA) is 35.5 Å². The Labute approximate surface area is 119 Å². The first-order chi connectivity index (χ1) is 9.76. The molecule has 0 amide bonds. The average molecular weight is 270 g/mol. The van der Waals surface area contributed by atoms with E-state index in [-0.39, 0.29) is 5.97 Å². The molecule has 0 heterocycles. The van der Waals surface area contributed by atoms with Gasteiger partial charge in [0.05, 0.1) is 13.2 Å². The molecule has 20 heavy (non-hydrogen) atoms. The molecular formula is C17H18O3. The SMILES string of the molecule is CCOC(=O)c1cc(-c2ccccc2)ccc1OCC. The molecule has 0 saturated carbocycles. The average Bonchev–Trinajstić information content (AvgIpc) is 2.49. The maximum atomic E-state index is 12.0. The summed E-state index contributed by atoms with van der Waals surface area (Å²) in [5, 5.41) is 0. The number of carbonyl (C=O) groups excluding carboxylic acids is 1. The van der Waals surface area contributed by atoms with Gasteiger partial charge in [-0.25, -0.2) is 4.79 Å². The van der Waals surface area contributed by atoms with E-state index >= 15 is 0 Å². The zero-order valence-electron chi connectivity index (χ0n) is 11.8. The highest BCUT2D eigenvalue weighted by molar-refractivity contribution is 5.94. The second-order valence-corrected chi connectivity index (χ2v) is 4.23. The van der Waals surface area contributed by atoms with Crippen LogP contribution in [0.1, 0.15) is 24.2 Å². The van der Waals surface area contributed by atoms with Gasteiger partial charge in [0, 0.05) is 0 Å². The number of ether oxygens (including phenoxy) is 2. The van der Waals surface area contributed by atoms with Crippen LogP contribution in [0.5, 0.6) is 5.75 Å². The number of carbonyl (C=O) groups is 1. The van der Waals surface area contributed by atoms with Gasteiger partial charge in [-0.3, -0.25) is 0 Å². The first-order valence-corrected chi connectivity index (χ1v) is 6.75. The third kappa shape index (κ3) is 3.18. The fourth-order valence-corrected chi connectivity index (χ4v) is 1.99. The molecule has 0 spiro atoms. The summed E-state index contributed by atoms with van der Waals surface area (Å²) in [4.78, 5) is 12.0. The lowest BCUT2D eigenvalue weighted by Crippen LogP contribution is -2.08. The summed E-state index contributed by atoms with van der Waals surface area (Å²) in [6.07, 6.45) is 0. The molecule has 104 valence electrons. The van der Waals surface area contributed by atoms with E-state index in [1.165, 1.54) is 0 Å². The van der Waals surface area contributed by atoms with Gasteiger partial charge in [-0.15, -0.1) is 0 Å². The predicted octanol–water partition coefficient (Wildman–Crippen LogP) is 3.93. The fraction of sp³-hybridized carbons (Fsp3) is 0.235. The molecule has 0 bridgehead atoms. The first kappa shape index (κ1) is 14.1. The van der Waals surface area contributed by atoms with Crippen LogP contribution < -0.4 is 4.74 Å². The van der Waals surface area contributed by atoms with Gasteiger partial charge >= 0.3 is 5.97 Å². The number of hydrogen-bond donors (Lipinski definition) is 0. The molecular weight excluding hydrogens is 252 g/mol. The van der Waals surface area contributed by atoms with Crippen molar-refractivity contribution in [3.8, 4) is 16.9 Å². The molecule has 0 atom stereocenters. The van der Waals surface area contributed by atoms with Gasteiger partial charge in [0.25, 0.3) is 0 Å². The number of esters is 1. The Hall–Kier alpha value is -2.29. The summed E-state index contributed by atoms with van der Waals surface area (Å²) in [7, 11) is 0. The van der Waals surface area contributed by atoms with Crippen molar-refractivity contribution in [2.45, 2.75) is 13.8 Å². The van der Waals surface area contributed by atoms with E-state index in [2.05, 4.69) is 0 Å². The van der Waals surface area contributed by atoms with Gasteiger partial charge in [0.15, 0.2) is 0 Å². The van der Waals surface area contributed by atoms with E-state index < -0.39 is 0 Å². The second-order valence-electron chi connectivity index (χ2n) is 4.23. The molecule has 0 fully saturated rings. The highest BCUT2D eigenvalue weighted by Crippen LogP contribution is 2.27. The Morgan fingerprint density at radius 3 is 2.35 bits per heavy atom. The third-order valence-electron chi connectivity index (χ3n) is 2.88. The molecule has 0 aliphatic heterocycles. The lowest BCUT2D eigenvalue weighted by atomic mass is 10.0. The normalized spacial score (nSPS) is 10.1. The predicted molar refractivity (Wildman–Crippen MR) is 79.0 cm³/mol. The Bertz CT molecular complexity index is 576. The minimum Gasteiger partial charge on any atom is -0.493 e. The highest BCUT2D eigenvalue weighted by atomic mass is 16.5. The smallest absolute Gasteiger partial charge is 0.341 e. The molecule has 0 radical (unpaired) electrons. The van der Waals surface area contributed by atoms with Gasteiger partial charge in [-0.05, 0) is 37.1 Å². The maximum Gasteiger partial charge on any atom is 0.341 e. The van der Waals surface area contributed by atoms with Gasteiger partial charge in [-0.1, -0.05) is 36.4 Å². The highest BCUT2D eigenvalue weighted by Gasteiger charge is 2.15. The van der Waals surface area contributed by atoms with Crippen LogP contribution in [0.3, 0.4) is 0 Å². The zero-order chi connectivity index (χ0) is 14.4. The summed E-state index contributed by atoms with van der Waals surface area (Å²) >= 11 is 0. The lowest BCUT2D eigenvalue weighted by molar-refractivity contribution is 0.0522. The van der Waals surface area contributed by atoms with Crippen molar-refractivity contribution >= 4 is 5.97 Å². The van der Waals surface area contributed by atoms with Crippen LogP contribution in [0.4, 0.5) is 0 Å². The first-order valence-electron chi connectivity index (χ1n) is 6.75. The quantitative estimate of drug-likeness (QED) is 0.772. The van der Waals surface area contributed by atoms with Crippen molar-refractivity contribution in [1.29, 1.82) is 0 Å². The molecule has 0 aliphatic rings. The summed E-state index contributed by atoms with van der Waals surface area (Å²) < 4.78 is 10.6. The van der Waals surface area contributed by atoms with Gasteiger partial charge < -0.3 is 9.47 Å². The number of benzene rings is 2. The molecule has 2 aromatic carbocycles. The lowest BCUT2D eigenvalue weighted by Gasteiger charge is -2.11. The van der Waals surface area contributed by atoms with Gasteiger partial charge in [-0.2, -0.15) is 0 Å². The Kier molecular flexibility index (Phi) is 4.77. The Balaban J connectivity index is 2.42. The molecule has 3 heteroatoms. The van der Waals surface area contributed by atoms with Crippen LogP contribution in [0, 0.1) is 0 Å². The van der Waals surface area contributed by atoms with Crippen LogP contribution >= 0.6 is 0 Å². The molecule has 2 rings (SSSR count). The van der Waals surface area contributed by atoms with E-state index in [4.69, 9.17) is 9.47 Å². The van der Waals surface area contributed by atoms with Crippen LogP contribution in [-0.4, -0.2) is 19.2 Å². The van der Waals surface area contributed by atoms with E-state index in [0.29, 0.717) is 24.5 Å².